The second-order valence-electron chi connectivity index (χ2n) is 6.44. The summed E-state index contributed by atoms with van der Waals surface area (Å²) in [7, 11) is -2.19. The monoisotopic (exact) mass is 216 g/mol. The maximum atomic E-state index is 2.64. The van der Waals surface area contributed by atoms with E-state index in [0.717, 1.165) is 0 Å². The summed E-state index contributed by atoms with van der Waals surface area (Å²) >= 11 is 0. The molecule has 0 saturated carbocycles. The lowest BCUT2D eigenvalue weighted by molar-refractivity contribution is 0.938. The summed E-state index contributed by atoms with van der Waals surface area (Å²) in [5.41, 5.74) is 0. The summed E-state index contributed by atoms with van der Waals surface area (Å²) in [5, 5.41) is 0. The van der Waals surface area contributed by atoms with Crippen LogP contribution in [0.25, 0.3) is 0 Å². The molecule has 0 aromatic carbocycles. The van der Waals surface area contributed by atoms with Crippen LogP contribution in [0.3, 0.4) is 0 Å². The number of rotatable bonds is 2. The van der Waals surface area contributed by atoms with Crippen LogP contribution in [0.15, 0.2) is 0 Å². The molecule has 1 saturated heterocycles. The molecule has 1 fully saturated rings. The molecule has 0 nitrogen and oxygen atoms in total. The molecular weight excluding hydrogens is 192 g/mol. The Labute approximate surface area is 80.4 Å². The Bertz CT molecular complexity index is 153. The average molecular weight is 217 g/mol. The van der Waals surface area contributed by atoms with Gasteiger partial charge < -0.3 is 0 Å². The predicted octanol–water partition coefficient (Wildman–Crippen LogP) is 3.67. The van der Waals surface area contributed by atoms with Crippen molar-refractivity contribution >= 4 is 22.3 Å². The maximum Gasteiger partial charge on any atom is 0.0417 e. The zero-order valence-electron chi connectivity index (χ0n) is 9.62. The first-order chi connectivity index (χ1) is 5.21. The third kappa shape index (κ3) is 1.40. The van der Waals surface area contributed by atoms with Crippen LogP contribution in [0.1, 0.15) is 6.42 Å². The third-order valence-corrected chi connectivity index (χ3v) is 46.0. The quantitative estimate of drug-likeness (QED) is 0.618. The molecule has 1 aliphatic heterocycles. The van der Waals surface area contributed by atoms with Gasteiger partial charge in [-0.25, -0.2) is 0 Å². The van der Waals surface area contributed by atoms with Crippen molar-refractivity contribution in [2.45, 2.75) is 57.8 Å². The van der Waals surface area contributed by atoms with Gasteiger partial charge in [0.15, 0.2) is 0 Å². The fraction of sp³-hybridized carbons (Fsp3) is 1.00. The molecule has 0 unspecified atom stereocenters. The van der Waals surface area contributed by atoms with Crippen molar-refractivity contribution in [2.24, 2.45) is 0 Å². The smallest absolute Gasteiger partial charge is 0.0417 e. The van der Waals surface area contributed by atoms with Crippen molar-refractivity contribution in [3.05, 3.63) is 0 Å². The Kier molecular flexibility index (Phi) is 2.52. The molecule has 0 spiro atoms. The van der Waals surface area contributed by atoms with Gasteiger partial charge in [0.2, 0.25) is 0 Å². The summed E-state index contributed by atoms with van der Waals surface area (Å²) in [6.07, 6.45) is 1.57. The average Bonchev–Trinajstić information content (AvgIpc) is 1.47. The zero-order valence-corrected chi connectivity index (χ0v) is 12.6. The summed E-state index contributed by atoms with van der Waals surface area (Å²) < 4.78 is 0. The van der Waals surface area contributed by atoms with E-state index in [-0.39, 0.29) is 0 Å². The highest BCUT2D eigenvalue weighted by Crippen LogP contribution is 2.45. The van der Waals surface area contributed by atoms with E-state index < -0.39 is 22.3 Å². The van der Waals surface area contributed by atoms with Crippen LogP contribution in [-0.4, -0.2) is 22.3 Å². The van der Waals surface area contributed by atoms with Crippen LogP contribution in [0.2, 0.25) is 51.4 Å². The molecule has 0 radical (unpaired) electrons. The van der Waals surface area contributed by atoms with E-state index in [2.05, 4.69) is 39.3 Å². The molecule has 0 atom stereocenters. The number of hydrogen-bond donors (Lipinski definition) is 0. The van der Waals surface area contributed by atoms with E-state index in [1.807, 2.05) is 0 Å². The van der Waals surface area contributed by atoms with Crippen molar-refractivity contribution in [1.29, 1.82) is 0 Å². The van der Waals surface area contributed by atoms with E-state index >= 15 is 0 Å². The fourth-order valence-corrected chi connectivity index (χ4v) is 47.6. The topological polar surface area (TPSA) is 0 Å². The van der Waals surface area contributed by atoms with Crippen LogP contribution in [-0.2, 0) is 0 Å². The molecule has 1 heterocycles. The molecule has 1 rings (SSSR count). The first kappa shape index (κ1) is 10.7. The molecule has 3 heteroatoms. The highest BCUT2D eigenvalue weighted by Gasteiger charge is 2.57. The molecule has 0 N–H and O–H groups in total. The minimum atomic E-state index is -0.759. The summed E-state index contributed by atoms with van der Waals surface area (Å²) in [6.45, 7) is 15.8. The molecule has 0 amide bonds. The Morgan fingerprint density at radius 2 is 1.08 bits per heavy atom. The van der Waals surface area contributed by atoms with Gasteiger partial charge in [-0.15, -0.1) is 0 Å². The van der Waals surface area contributed by atoms with E-state index in [9.17, 15) is 0 Å². The first-order valence-corrected chi connectivity index (χ1v) is 16.6. The van der Waals surface area contributed by atoms with Gasteiger partial charge in [-0.05, 0) is 0 Å². The van der Waals surface area contributed by atoms with Gasteiger partial charge in [-0.1, -0.05) is 57.8 Å². The lowest BCUT2D eigenvalue weighted by Gasteiger charge is -2.56. The van der Waals surface area contributed by atoms with Crippen LogP contribution in [0.5, 0.6) is 0 Å². The van der Waals surface area contributed by atoms with Crippen molar-refractivity contribution < 1.29 is 0 Å². The van der Waals surface area contributed by atoms with Gasteiger partial charge in [0, 0.05) is 22.3 Å². The summed E-state index contributed by atoms with van der Waals surface area (Å²) in [6, 6.07) is 3.39. The van der Waals surface area contributed by atoms with E-state index in [1.165, 1.54) is 0 Å². The Hall–Kier alpha value is 0.651. The van der Waals surface area contributed by atoms with E-state index in [1.54, 1.807) is 18.5 Å². The van der Waals surface area contributed by atoms with Gasteiger partial charge in [-0.3, -0.25) is 0 Å². The Morgan fingerprint density at radius 3 is 1.08 bits per heavy atom. The third-order valence-electron chi connectivity index (χ3n) is 4.08. The zero-order chi connectivity index (χ0) is 9.62. The summed E-state index contributed by atoms with van der Waals surface area (Å²) in [5.74, 6) is 0. The van der Waals surface area contributed by atoms with Gasteiger partial charge in [-0.2, -0.15) is 0 Å². The molecule has 0 aliphatic carbocycles. The second kappa shape index (κ2) is 2.82. The number of hydrogen-bond acceptors (Lipinski definition) is 0. The van der Waals surface area contributed by atoms with Gasteiger partial charge in [0.1, 0.15) is 0 Å². The Balaban J connectivity index is 2.92. The largest absolute Gasteiger partial charge is 0.0717 e. The van der Waals surface area contributed by atoms with Crippen LogP contribution < -0.4 is 0 Å². The van der Waals surface area contributed by atoms with Crippen molar-refractivity contribution in [3.8, 4) is 0 Å². The molecule has 1 aliphatic rings. The normalized spacial score (nSPS) is 23.5. The van der Waals surface area contributed by atoms with Crippen LogP contribution in [0.4, 0.5) is 0 Å². The molecule has 0 bridgehead atoms. The fourth-order valence-electron chi connectivity index (χ4n) is 3.16. The SMILES string of the molecule is C[Si](C)(C)[Si]1([Si](C)(C)C)CCC1. The van der Waals surface area contributed by atoms with Gasteiger partial charge >= 0.3 is 0 Å². The standard InChI is InChI=1S/C9H24Si3/c1-10(2,3)12(8-7-9-12)11(4,5)6/h7-9H2,1-6H3. The van der Waals surface area contributed by atoms with E-state index in [0.29, 0.717) is 0 Å². The highest BCUT2D eigenvalue weighted by molar-refractivity contribution is 7.69. The predicted molar refractivity (Wildman–Crippen MR) is 66.7 cm³/mol. The Morgan fingerprint density at radius 1 is 0.750 bits per heavy atom. The minimum Gasteiger partial charge on any atom is -0.0717 e. The van der Waals surface area contributed by atoms with Crippen molar-refractivity contribution in [1.82, 2.24) is 0 Å². The molecule has 0 aromatic rings. The molecule has 12 heavy (non-hydrogen) atoms. The van der Waals surface area contributed by atoms with Crippen LogP contribution >= 0.6 is 0 Å². The minimum absolute atomic E-state index is 0.668. The van der Waals surface area contributed by atoms with Crippen LogP contribution in [0, 0.1) is 0 Å². The second-order valence-corrected chi connectivity index (χ2v) is 34.8. The lowest BCUT2D eigenvalue weighted by Crippen LogP contribution is -2.74. The van der Waals surface area contributed by atoms with Gasteiger partial charge in [0.05, 0.1) is 0 Å². The van der Waals surface area contributed by atoms with Gasteiger partial charge in [0.25, 0.3) is 0 Å². The molecular formula is C9H24Si3. The maximum absolute atomic E-state index is 2.64. The van der Waals surface area contributed by atoms with E-state index in [4.69, 9.17) is 0 Å². The first-order valence-electron chi connectivity index (χ1n) is 5.21. The molecule has 0 aromatic heterocycles. The lowest BCUT2D eigenvalue weighted by atomic mass is 10.5. The highest BCUT2D eigenvalue weighted by atomic mass is 29.6. The summed E-state index contributed by atoms with van der Waals surface area (Å²) in [4.78, 5) is 0. The molecule has 72 valence electrons. The van der Waals surface area contributed by atoms with Crippen molar-refractivity contribution in [3.63, 3.8) is 0 Å². The van der Waals surface area contributed by atoms with Crippen molar-refractivity contribution in [2.75, 3.05) is 0 Å².